The molecule has 0 saturated carbocycles. The number of nitrogens with zero attached hydrogens (tertiary/aromatic N) is 3. The summed E-state index contributed by atoms with van der Waals surface area (Å²) in [6, 6.07) is 13.7. The minimum Gasteiger partial charge on any atom is -0.505 e. The number of carbonyl (C=O) groups is 1. The Kier molecular flexibility index (Phi) is 6.61. The van der Waals surface area contributed by atoms with E-state index in [1.54, 1.807) is 6.20 Å². The molecule has 1 saturated heterocycles. The minimum absolute atomic E-state index is 0.0272. The number of rotatable bonds is 6. The van der Waals surface area contributed by atoms with Gasteiger partial charge in [0.2, 0.25) is 5.91 Å². The lowest BCUT2D eigenvalue weighted by atomic mass is 9.93. The Morgan fingerprint density at radius 2 is 1.94 bits per heavy atom. The SMILES string of the molecule is CCCC(=O)NC(c1cccc(N2CCN(C)CC2)c1)c1cc(C)c2cccnc2c1O. The Bertz CT molecular complexity index is 1110. The Morgan fingerprint density at radius 1 is 1.16 bits per heavy atom. The van der Waals surface area contributed by atoms with Gasteiger partial charge >= 0.3 is 0 Å². The number of pyridine rings is 1. The van der Waals surface area contributed by atoms with Crippen LogP contribution in [0.5, 0.6) is 5.75 Å². The smallest absolute Gasteiger partial charge is 0.220 e. The van der Waals surface area contributed by atoms with Crippen molar-refractivity contribution >= 4 is 22.5 Å². The van der Waals surface area contributed by atoms with Crippen molar-refractivity contribution in [3.05, 3.63) is 65.4 Å². The van der Waals surface area contributed by atoms with E-state index >= 15 is 0 Å². The van der Waals surface area contributed by atoms with Crippen LogP contribution >= 0.6 is 0 Å². The van der Waals surface area contributed by atoms with Gasteiger partial charge in [-0.25, -0.2) is 0 Å². The summed E-state index contributed by atoms with van der Waals surface area (Å²) in [5, 5.41) is 15.2. The number of nitrogens with one attached hydrogen (secondary N) is 1. The molecule has 0 spiro atoms. The minimum atomic E-state index is -0.452. The van der Waals surface area contributed by atoms with Crippen LogP contribution in [0.3, 0.4) is 0 Å². The third kappa shape index (κ3) is 4.55. The molecule has 0 aliphatic carbocycles. The van der Waals surface area contributed by atoms with Crippen molar-refractivity contribution in [3.63, 3.8) is 0 Å². The zero-order chi connectivity index (χ0) is 22.7. The molecule has 0 bridgehead atoms. The van der Waals surface area contributed by atoms with Crippen molar-refractivity contribution in [2.45, 2.75) is 32.7 Å². The molecule has 4 rings (SSSR count). The van der Waals surface area contributed by atoms with Crippen LogP contribution in [-0.4, -0.2) is 54.1 Å². The summed E-state index contributed by atoms with van der Waals surface area (Å²) in [5.41, 5.74) is 4.35. The van der Waals surface area contributed by atoms with Crippen molar-refractivity contribution in [3.8, 4) is 5.75 Å². The Morgan fingerprint density at radius 3 is 2.69 bits per heavy atom. The van der Waals surface area contributed by atoms with Gasteiger partial charge < -0.3 is 20.2 Å². The molecular formula is C26H32N4O2. The highest BCUT2D eigenvalue weighted by Gasteiger charge is 2.24. The van der Waals surface area contributed by atoms with Crippen molar-refractivity contribution in [2.75, 3.05) is 38.1 Å². The average Bonchev–Trinajstić information content (AvgIpc) is 2.81. The van der Waals surface area contributed by atoms with Gasteiger partial charge in [0.1, 0.15) is 11.3 Å². The average molecular weight is 433 g/mol. The summed E-state index contributed by atoms with van der Waals surface area (Å²) in [7, 11) is 2.14. The third-order valence-electron chi connectivity index (χ3n) is 6.27. The molecule has 2 heterocycles. The number of fused-ring (bicyclic) bond motifs is 1. The molecule has 2 aromatic carbocycles. The first-order valence-electron chi connectivity index (χ1n) is 11.4. The van der Waals surface area contributed by atoms with E-state index in [-0.39, 0.29) is 11.7 Å². The van der Waals surface area contributed by atoms with Gasteiger partial charge in [-0.05, 0) is 55.8 Å². The number of carbonyl (C=O) groups excluding carboxylic acids is 1. The molecule has 2 N–H and O–H groups in total. The van der Waals surface area contributed by atoms with Gasteiger partial charge in [-0.15, -0.1) is 0 Å². The summed E-state index contributed by atoms with van der Waals surface area (Å²) in [4.78, 5) is 21.8. The number of aromatic hydroxyl groups is 1. The number of aryl methyl sites for hydroxylation is 1. The van der Waals surface area contributed by atoms with Crippen molar-refractivity contribution < 1.29 is 9.90 Å². The molecule has 6 nitrogen and oxygen atoms in total. The molecule has 32 heavy (non-hydrogen) atoms. The summed E-state index contributed by atoms with van der Waals surface area (Å²) in [5.74, 6) is 0.0960. The summed E-state index contributed by atoms with van der Waals surface area (Å²) in [6.07, 6.45) is 2.90. The number of hydrogen-bond acceptors (Lipinski definition) is 5. The molecule has 1 amide bonds. The monoisotopic (exact) mass is 432 g/mol. The summed E-state index contributed by atoms with van der Waals surface area (Å²) >= 11 is 0. The number of piperazine rings is 1. The normalized spacial score (nSPS) is 15.7. The maximum absolute atomic E-state index is 12.7. The van der Waals surface area contributed by atoms with Gasteiger partial charge in [0.25, 0.3) is 0 Å². The molecule has 1 aromatic heterocycles. The number of amides is 1. The first kappa shape index (κ1) is 22.1. The first-order valence-corrected chi connectivity index (χ1v) is 11.4. The summed E-state index contributed by atoms with van der Waals surface area (Å²) in [6.45, 7) is 7.99. The fraction of sp³-hybridized carbons (Fsp3) is 0.385. The zero-order valence-corrected chi connectivity index (χ0v) is 19.1. The van der Waals surface area contributed by atoms with E-state index in [1.165, 1.54) is 0 Å². The predicted molar refractivity (Wildman–Crippen MR) is 129 cm³/mol. The lowest BCUT2D eigenvalue weighted by Crippen LogP contribution is -2.44. The van der Waals surface area contributed by atoms with Crippen molar-refractivity contribution in [2.24, 2.45) is 0 Å². The van der Waals surface area contributed by atoms with Crippen LogP contribution in [0.15, 0.2) is 48.7 Å². The Balaban J connectivity index is 1.77. The van der Waals surface area contributed by atoms with E-state index in [0.717, 1.165) is 54.8 Å². The lowest BCUT2D eigenvalue weighted by Gasteiger charge is -2.34. The van der Waals surface area contributed by atoms with E-state index in [0.29, 0.717) is 17.5 Å². The molecular weight excluding hydrogens is 400 g/mol. The van der Waals surface area contributed by atoms with Crippen LogP contribution in [0.25, 0.3) is 10.9 Å². The predicted octanol–water partition coefficient (Wildman–Crippen LogP) is 4.01. The van der Waals surface area contributed by atoms with E-state index in [1.807, 2.05) is 44.2 Å². The fourth-order valence-corrected chi connectivity index (χ4v) is 4.41. The molecule has 1 unspecified atom stereocenters. The molecule has 6 heteroatoms. The number of phenols is 1. The molecule has 1 aliphatic rings. The Hall–Kier alpha value is -3.12. The molecule has 0 radical (unpaired) electrons. The maximum atomic E-state index is 12.7. The van der Waals surface area contributed by atoms with Crippen molar-refractivity contribution in [1.29, 1.82) is 0 Å². The van der Waals surface area contributed by atoms with Gasteiger partial charge in [0.05, 0.1) is 6.04 Å². The van der Waals surface area contributed by atoms with Crippen LogP contribution in [0, 0.1) is 6.92 Å². The van der Waals surface area contributed by atoms with Crippen LogP contribution in [0.2, 0.25) is 0 Å². The van der Waals surface area contributed by atoms with E-state index in [4.69, 9.17) is 0 Å². The third-order valence-corrected chi connectivity index (χ3v) is 6.27. The van der Waals surface area contributed by atoms with Crippen LogP contribution in [0.1, 0.15) is 42.5 Å². The van der Waals surface area contributed by atoms with Gasteiger partial charge in [-0.1, -0.05) is 25.1 Å². The lowest BCUT2D eigenvalue weighted by molar-refractivity contribution is -0.121. The summed E-state index contributed by atoms with van der Waals surface area (Å²) < 4.78 is 0. The maximum Gasteiger partial charge on any atom is 0.220 e. The number of likely N-dealkylation sites (N-methyl/N-ethyl adjacent to an activating group) is 1. The van der Waals surface area contributed by atoms with Gasteiger partial charge in [0, 0.05) is 55.4 Å². The van der Waals surface area contributed by atoms with Gasteiger partial charge in [-0.3, -0.25) is 9.78 Å². The number of phenolic OH excluding ortho intramolecular Hbond substituents is 1. The van der Waals surface area contributed by atoms with Gasteiger partial charge in [0.15, 0.2) is 0 Å². The highest BCUT2D eigenvalue weighted by atomic mass is 16.3. The zero-order valence-electron chi connectivity index (χ0n) is 19.1. The number of hydrogen-bond donors (Lipinski definition) is 2. The standard InChI is InChI=1S/C26H32N4O2/c1-4-7-23(31)28-24(22-16-18(2)21-10-6-11-27-25(21)26(22)32)19-8-5-9-20(17-19)30-14-12-29(3)13-15-30/h5-6,8-11,16-17,24,32H,4,7,12-15H2,1-3H3,(H,28,31). The first-order chi connectivity index (χ1) is 15.5. The second-order valence-electron chi connectivity index (χ2n) is 8.67. The molecule has 1 atom stereocenters. The second kappa shape index (κ2) is 9.57. The highest BCUT2D eigenvalue weighted by Crippen LogP contribution is 2.37. The fourth-order valence-electron chi connectivity index (χ4n) is 4.41. The number of benzene rings is 2. The highest BCUT2D eigenvalue weighted by molar-refractivity contribution is 5.89. The molecule has 3 aromatic rings. The van der Waals surface area contributed by atoms with E-state index < -0.39 is 6.04 Å². The topological polar surface area (TPSA) is 68.7 Å². The van der Waals surface area contributed by atoms with E-state index in [9.17, 15) is 9.90 Å². The van der Waals surface area contributed by atoms with Crippen LogP contribution < -0.4 is 10.2 Å². The van der Waals surface area contributed by atoms with E-state index in [2.05, 4.69) is 39.3 Å². The number of anilines is 1. The number of aromatic nitrogens is 1. The van der Waals surface area contributed by atoms with Crippen LogP contribution in [-0.2, 0) is 4.79 Å². The van der Waals surface area contributed by atoms with Crippen molar-refractivity contribution in [1.82, 2.24) is 15.2 Å². The molecule has 168 valence electrons. The molecule has 1 aliphatic heterocycles. The molecule has 1 fully saturated rings. The van der Waals surface area contributed by atoms with Crippen LogP contribution in [0.4, 0.5) is 5.69 Å². The second-order valence-corrected chi connectivity index (χ2v) is 8.67. The largest absolute Gasteiger partial charge is 0.505 e. The van der Waals surface area contributed by atoms with Gasteiger partial charge in [-0.2, -0.15) is 0 Å². The quantitative estimate of drug-likeness (QED) is 0.616. The Labute approximate surface area is 189 Å².